The highest BCUT2D eigenvalue weighted by molar-refractivity contribution is 5.67. The lowest BCUT2D eigenvalue weighted by Crippen LogP contribution is -2.45. The van der Waals surface area contributed by atoms with Crippen molar-refractivity contribution in [1.82, 2.24) is 10.6 Å². The molecule has 0 aromatic carbocycles. The fraction of sp³-hybridized carbons (Fsp3) is 0.933. The highest BCUT2D eigenvalue weighted by Crippen LogP contribution is 2.25. The summed E-state index contributed by atoms with van der Waals surface area (Å²) in [5.74, 6) is 0.474. The summed E-state index contributed by atoms with van der Waals surface area (Å²) in [6.07, 6.45) is 3.19. The Balaban J connectivity index is 2.33. The van der Waals surface area contributed by atoms with Crippen LogP contribution in [0.2, 0.25) is 0 Å². The van der Waals surface area contributed by atoms with Crippen LogP contribution in [0.15, 0.2) is 0 Å². The maximum Gasteiger partial charge on any atom is 0.407 e. The molecule has 0 spiro atoms. The molecule has 1 aliphatic rings. The SMILES string of the molecule is COCC(C)NC1CCCC1CNC(=O)OC(C)(C)C. The van der Waals surface area contributed by atoms with Gasteiger partial charge in [-0.15, -0.1) is 0 Å². The molecule has 0 aromatic rings. The third-order valence-electron chi connectivity index (χ3n) is 3.48. The van der Waals surface area contributed by atoms with Gasteiger partial charge in [0.25, 0.3) is 0 Å². The molecule has 3 unspecified atom stereocenters. The van der Waals surface area contributed by atoms with E-state index in [1.165, 1.54) is 6.42 Å². The van der Waals surface area contributed by atoms with Gasteiger partial charge < -0.3 is 20.1 Å². The van der Waals surface area contributed by atoms with Crippen molar-refractivity contribution in [3.8, 4) is 0 Å². The topological polar surface area (TPSA) is 59.6 Å². The first-order valence-electron chi connectivity index (χ1n) is 7.53. The van der Waals surface area contributed by atoms with E-state index >= 15 is 0 Å². The van der Waals surface area contributed by atoms with Gasteiger partial charge in [0.2, 0.25) is 0 Å². The van der Waals surface area contributed by atoms with Gasteiger partial charge in [-0.25, -0.2) is 4.79 Å². The number of ether oxygens (including phenoxy) is 2. The van der Waals surface area contributed by atoms with Crippen LogP contribution < -0.4 is 10.6 Å². The van der Waals surface area contributed by atoms with Crippen LogP contribution in [-0.4, -0.2) is 44.0 Å². The fourth-order valence-electron chi connectivity index (χ4n) is 2.69. The van der Waals surface area contributed by atoms with Crippen LogP contribution >= 0.6 is 0 Å². The standard InChI is InChI=1S/C15H30N2O3/c1-11(10-19-5)17-13-8-6-7-12(13)9-16-14(18)20-15(2,3)4/h11-13,17H,6-10H2,1-5H3,(H,16,18). The molecule has 20 heavy (non-hydrogen) atoms. The largest absolute Gasteiger partial charge is 0.444 e. The van der Waals surface area contributed by atoms with Gasteiger partial charge in [0, 0.05) is 25.7 Å². The highest BCUT2D eigenvalue weighted by Gasteiger charge is 2.28. The van der Waals surface area contributed by atoms with Crippen molar-refractivity contribution < 1.29 is 14.3 Å². The fourth-order valence-corrected chi connectivity index (χ4v) is 2.69. The molecule has 5 heteroatoms. The van der Waals surface area contributed by atoms with Crippen LogP contribution in [0.5, 0.6) is 0 Å². The summed E-state index contributed by atoms with van der Waals surface area (Å²) in [6, 6.07) is 0.794. The highest BCUT2D eigenvalue weighted by atomic mass is 16.6. The predicted octanol–water partition coefficient (Wildman–Crippen LogP) is 2.30. The van der Waals surface area contributed by atoms with Gasteiger partial charge in [-0.3, -0.25) is 0 Å². The first kappa shape index (κ1) is 17.2. The second kappa shape index (κ2) is 7.84. The van der Waals surface area contributed by atoms with Crippen LogP contribution in [0.3, 0.4) is 0 Å². The molecule has 0 aliphatic heterocycles. The number of carbonyl (C=O) groups excluding carboxylic acids is 1. The Morgan fingerprint density at radius 1 is 1.35 bits per heavy atom. The molecule has 5 nitrogen and oxygen atoms in total. The van der Waals surface area contributed by atoms with E-state index in [0.29, 0.717) is 31.2 Å². The number of hydrogen-bond acceptors (Lipinski definition) is 4. The van der Waals surface area contributed by atoms with Crippen LogP contribution in [0.4, 0.5) is 4.79 Å². The Bertz CT molecular complexity index is 302. The number of amides is 1. The minimum Gasteiger partial charge on any atom is -0.444 e. The van der Waals surface area contributed by atoms with Gasteiger partial charge >= 0.3 is 6.09 Å². The molecule has 3 atom stereocenters. The van der Waals surface area contributed by atoms with Crippen molar-refractivity contribution >= 4 is 6.09 Å². The van der Waals surface area contributed by atoms with Crippen molar-refractivity contribution in [2.45, 2.75) is 64.6 Å². The molecule has 0 radical (unpaired) electrons. The number of hydrogen-bond donors (Lipinski definition) is 2. The van der Waals surface area contributed by atoms with Gasteiger partial charge in [0.05, 0.1) is 6.61 Å². The quantitative estimate of drug-likeness (QED) is 0.786. The first-order valence-corrected chi connectivity index (χ1v) is 7.53. The summed E-state index contributed by atoms with van der Waals surface area (Å²) >= 11 is 0. The molecule has 1 fully saturated rings. The molecule has 0 aromatic heterocycles. The van der Waals surface area contributed by atoms with Crippen molar-refractivity contribution in [2.24, 2.45) is 5.92 Å². The van der Waals surface area contributed by atoms with Crippen LogP contribution in [-0.2, 0) is 9.47 Å². The van der Waals surface area contributed by atoms with Gasteiger partial charge in [-0.1, -0.05) is 6.42 Å². The average molecular weight is 286 g/mol. The number of methoxy groups -OCH3 is 1. The van der Waals surface area contributed by atoms with Gasteiger partial charge in [-0.05, 0) is 46.5 Å². The van der Waals surface area contributed by atoms with E-state index in [-0.39, 0.29) is 6.09 Å². The Morgan fingerprint density at radius 3 is 2.65 bits per heavy atom. The van der Waals surface area contributed by atoms with Crippen LogP contribution in [0, 0.1) is 5.92 Å². The van der Waals surface area contributed by atoms with E-state index in [2.05, 4.69) is 17.6 Å². The molecule has 0 saturated heterocycles. The Hall–Kier alpha value is -0.810. The number of rotatable bonds is 6. The summed E-state index contributed by atoms with van der Waals surface area (Å²) in [5.41, 5.74) is -0.440. The Morgan fingerprint density at radius 2 is 2.05 bits per heavy atom. The minimum atomic E-state index is -0.440. The van der Waals surface area contributed by atoms with Crippen molar-refractivity contribution in [3.63, 3.8) is 0 Å². The van der Waals surface area contributed by atoms with Crippen molar-refractivity contribution in [1.29, 1.82) is 0 Å². The van der Waals surface area contributed by atoms with Gasteiger partial charge in [0.15, 0.2) is 0 Å². The third kappa shape index (κ3) is 6.57. The molecule has 0 bridgehead atoms. The van der Waals surface area contributed by atoms with Gasteiger partial charge in [0.1, 0.15) is 5.60 Å². The lowest BCUT2D eigenvalue weighted by Gasteiger charge is -2.26. The second-order valence-corrected chi connectivity index (χ2v) is 6.70. The Kier molecular flexibility index (Phi) is 6.76. The summed E-state index contributed by atoms with van der Waals surface area (Å²) in [7, 11) is 1.72. The van der Waals surface area contributed by atoms with Crippen LogP contribution in [0.25, 0.3) is 0 Å². The van der Waals surface area contributed by atoms with Gasteiger partial charge in [-0.2, -0.15) is 0 Å². The monoisotopic (exact) mass is 286 g/mol. The third-order valence-corrected chi connectivity index (χ3v) is 3.48. The molecule has 1 aliphatic carbocycles. The van der Waals surface area contributed by atoms with Crippen LogP contribution in [0.1, 0.15) is 47.0 Å². The summed E-state index contributed by atoms with van der Waals surface area (Å²) in [6.45, 7) is 9.13. The minimum absolute atomic E-state index is 0.326. The first-order chi connectivity index (χ1) is 9.31. The zero-order valence-electron chi connectivity index (χ0n) is 13.5. The molecular weight excluding hydrogens is 256 g/mol. The zero-order valence-corrected chi connectivity index (χ0v) is 13.5. The van der Waals surface area contributed by atoms with E-state index < -0.39 is 5.60 Å². The molecule has 1 amide bonds. The molecule has 0 heterocycles. The molecule has 118 valence electrons. The van der Waals surface area contributed by atoms with E-state index in [1.54, 1.807) is 7.11 Å². The molecule has 1 saturated carbocycles. The lowest BCUT2D eigenvalue weighted by atomic mass is 10.0. The summed E-state index contributed by atoms with van der Waals surface area (Å²) in [4.78, 5) is 11.7. The summed E-state index contributed by atoms with van der Waals surface area (Å²) in [5, 5.41) is 6.47. The normalized spacial score (nSPS) is 24.4. The molecular formula is C15H30N2O3. The smallest absolute Gasteiger partial charge is 0.407 e. The van der Waals surface area contributed by atoms with Crippen molar-refractivity contribution in [2.75, 3.05) is 20.3 Å². The second-order valence-electron chi connectivity index (χ2n) is 6.70. The van der Waals surface area contributed by atoms with Crippen molar-refractivity contribution in [3.05, 3.63) is 0 Å². The predicted molar refractivity (Wildman–Crippen MR) is 79.8 cm³/mol. The average Bonchev–Trinajstić information content (AvgIpc) is 2.71. The number of carbonyl (C=O) groups is 1. The van der Waals surface area contributed by atoms with E-state index in [1.807, 2.05) is 20.8 Å². The Labute approximate surface area is 122 Å². The van der Waals surface area contributed by atoms with E-state index in [0.717, 1.165) is 12.8 Å². The lowest BCUT2D eigenvalue weighted by molar-refractivity contribution is 0.0516. The van der Waals surface area contributed by atoms with E-state index in [4.69, 9.17) is 9.47 Å². The van der Waals surface area contributed by atoms with E-state index in [9.17, 15) is 4.79 Å². The summed E-state index contributed by atoms with van der Waals surface area (Å²) < 4.78 is 10.4. The maximum absolute atomic E-state index is 11.7. The number of alkyl carbamates (subject to hydrolysis) is 1. The molecule has 2 N–H and O–H groups in total. The zero-order chi connectivity index (χ0) is 15.2. The number of nitrogens with one attached hydrogen (secondary N) is 2. The molecule has 1 rings (SSSR count). The maximum atomic E-state index is 11.7.